The molecular weight excluding hydrogens is 436 g/mol. The number of fused-ring (bicyclic) bond motifs is 1. The molecule has 0 saturated carbocycles. The van der Waals surface area contributed by atoms with Gasteiger partial charge in [-0.25, -0.2) is 0 Å². The summed E-state index contributed by atoms with van der Waals surface area (Å²) < 4.78 is 0. The van der Waals surface area contributed by atoms with Crippen LogP contribution in [0.5, 0.6) is 0 Å². The zero-order valence-electron chi connectivity index (χ0n) is 19.6. The number of Topliss-reactive ketones (excluding diaryl/α,β-unsaturated/α-hetero) is 2. The van der Waals surface area contributed by atoms with Crippen LogP contribution in [0, 0.1) is 5.92 Å². The van der Waals surface area contributed by atoms with Crippen molar-refractivity contribution in [3.8, 4) is 0 Å². The van der Waals surface area contributed by atoms with E-state index in [4.69, 9.17) is 5.73 Å². The predicted molar refractivity (Wildman–Crippen MR) is 127 cm³/mol. The summed E-state index contributed by atoms with van der Waals surface area (Å²) in [6, 6.07) is 6.33. The molecule has 0 aliphatic carbocycles. The Morgan fingerprint density at radius 3 is 2.59 bits per heavy atom. The van der Waals surface area contributed by atoms with Crippen molar-refractivity contribution < 1.29 is 24.0 Å². The number of carbonyl (C=O) groups excluding carboxylic acids is 5. The SMILES string of the molecule is CC(=O)N[C@@H](Cc1c[nH]c2ccccc12)C(=O)C[C@@H](CCC(N)=O)C(=O)N1CCC[C@H]1C(C)=O. The largest absolute Gasteiger partial charge is 0.370 e. The third kappa shape index (κ3) is 6.09. The fraction of sp³-hybridized carbons (Fsp3) is 0.480. The Morgan fingerprint density at radius 1 is 1.18 bits per heavy atom. The number of nitrogens with two attached hydrogens (primary N) is 1. The van der Waals surface area contributed by atoms with E-state index in [-0.39, 0.29) is 49.1 Å². The van der Waals surface area contributed by atoms with E-state index in [2.05, 4.69) is 10.3 Å². The molecular formula is C25H32N4O5. The second kappa shape index (κ2) is 11.1. The molecule has 34 heavy (non-hydrogen) atoms. The fourth-order valence-electron chi connectivity index (χ4n) is 4.71. The summed E-state index contributed by atoms with van der Waals surface area (Å²) in [6.45, 7) is 3.23. The summed E-state index contributed by atoms with van der Waals surface area (Å²) in [6.07, 6.45) is 3.29. The third-order valence-electron chi connectivity index (χ3n) is 6.41. The van der Waals surface area contributed by atoms with Crippen molar-refractivity contribution in [2.24, 2.45) is 11.7 Å². The van der Waals surface area contributed by atoms with Crippen LogP contribution in [-0.4, -0.2) is 57.8 Å². The highest BCUT2D eigenvalue weighted by Gasteiger charge is 2.37. The van der Waals surface area contributed by atoms with Crippen molar-refractivity contribution in [2.75, 3.05) is 6.54 Å². The van der Waals surface area contributed by atoms with E-state index in [1.807, 2.05) is 30.5 Å². The van der Waals surface area contributed by atoms with Gasteiger partial charge in [-0.05, 0) is 37.8 Å². The minimum atomic E-state index is -0.831. The number of hydrogen-bond acceptors (Lipinski definition) is 5. The molecule has 1 saturated heterocycles. The van der Waals surface area contributed by atoms with E-state index in [9.17, 15) is 24.0 Å². The lowest BCUT2D eigenvalue weighted by molar-refractivity contribution is -0.142. The van der Waals surface area contributed by atoms with Crippen LogP contribution >= 0.6 is 0 Å². The number of benzene rings is 1. The zero-order chi connectivity index (χ0) is 24.8. The molecule has 2 heterocycles. The molecule has 4 N–H and O–H groups in total. The average Bonchev–Trinajstić information content (AvgIpc) is 3.43. The first kappa shape index (κ1) is 25.1. The quantitative estimate of drug-likeness (QED) is 0.459. The van der Waals surface area contributed by atoms with Crippen molar-refractivity contribution in [3.63, 3.8) is 0 Å². The van der Waals surface area contributed by atoms with Gasteiger partial charge in [0.2, 0.25) is 17.7 Å². The highest BCUT2D eigenvalue weighted by Crippen LogP contribution is 2.26. The van der Waals surface area contributed by atoms with Gasteiger partial charge in [0.1, 0.15) is 0 Å². The molecule has 0 bridgehead atoms. The van der Waals surface area contributed by atoms with Crippen LogP contribution < -0.4 is 11.1 Å². The molecule has 0 spiro atoms. The van der Waals surface area contributed by atoms with E-state index >= 15 is 0 Å². The fourth-order valence-corrected chi connectivity index (χ4v) is 4.71. The number of carbonyl (C=O) groups is 5. The van der Waals surface area contributed by atoms with Crippen molar-refractivity contribution in [1.82, 2.24) is 15.2 Å². The minimum absolute atomic E-state index is 0.0461. The van der Waals surface area contributed by atoms with Crippen LogP contribution in [0.1, 0.15) is 51.5 Å². The van der Waals surface area contributed by atoms with Gasteiger partial charge in [-0.15, -0.1) is 0 Å². The van der Waals surface area contributed by atoms with Gasteiger partial charge >= 0.3 is 0 Å². The van der Waals surface area contributed by atoms with Crippen LogP contribution in [0.4, 0.5) is 0 Å². The van der Waals surface area contributed by atoms with Gasteiger partial charge < -0.3 is 20.9 Å². The van der Waals surface area contributed by atoms with Crippen molar-refractivity contribution >= 4 is 40.2 Å². The lowest BCUT2D eigenvalue weighted by atomic mass is 9.90. The van der Waals surface area contributed by atoms with Gasteiger partial charge in [0.25, 0.3) is 0 Å². The lowest BCUT2D eigenvalue weighted by Gasteiger charge is -2.28. The molecule has 1 aromatic carbocycles. The normalized spacial score (nSPS) is 17.4. The zero-order valence-corrected chi connectivity index (χ0v) is 19.6. The maximum Gasteiger partial charge on any atom is 0.226 e. The van der Waals surface area contributed by atoms with Crippen molar-refractivity contribution in [2.45, 2.75) is 64.5 Å². The van der Waals surface area contributed by atoms with E-state index in [0.29, 0.717) is 19.4 Å². The number of hydrogen-bond donors (Lipinski definition) is 3. The molecule has 1 aliphatic rings. The van der Waals surface area contributed by atoms with Gasteiger partial charge in [-0.1, -0.05) is 18.2 Å². The van der Waals surface area contributed by atoms with Crippen LogP contribution in [0.15, 0.2) is 30.5 Å². The Labute approximate surface area is 198 Å². The smallest absolute Gasteiger partial charge is 0.226 e. The predicted octanol–water partition coefficient (Wildman–Crippen LogP) is 1.64. The first-order valence-corrected chi connectivity index (χ1v) is 11.6. The average molecular weight is 469 g/mol. The van der Waals surface area contributed by atoms with Gasteiger partial charge in [-0.2, -0.15) is 0 Å². The number of amides is 3. The molecule has 1 aromatic heterocycles. The summed E-state index contributed by atoms with van der Waals surface area (Å²) in [4.78, 5) is 66.6. The first-order chi connectivity index (χ1) is 16.2. The number of aromatic amines is 1. The number of aromatic nitrogens is 1. The number of H-pyrrole nitrogens is 1. The molecule has 0 radical (unpaired) electrons. The number of para-hydroxylation sites is 1. The molecule has 1 aliphatic heterocycles. The minimum Gasteiger partial charge on any atom is -0.370 e. The number of primary amides is 1. The number of rotatable bonds is 11. The highest BCUT2D eigenvalue weighted by molar-refractivity contribution is 5.95. The standard InChI is InChI=1S/C25H32N4O5/c1-15(30)22-8-5-11-29(22)25(34)17(9-10-24(26)33)13-23(32)21(28-16(2)31)12-18-14-27-20-7-4-3-6-19(18)20/h3-4,6-7,14,17,21-22,27H,5,8-13H2,1-2H3,(H2,26,33)(H,28,31)/t17-,21+,22+/m1/s1. The Hall–Kier alpha value is -3.49. The molecule has 9 heteroatoms. The Bertz CT molecular complexity index is 1090. The molecule has 1 fully saturated rings. The third-order valence-corrected chi connectivity index (χ3v) is 6.41. The molecule has 9 nitrogen and oxygen atoms in total. The maximum absolute atomic E-state index is 13.4. The van der Waals surface area contributed by atoms with Gasteiger partial charge in [0.05, 0.1) is 12.1 Å². The summed E-state index contributed by atoms with van der Waals surface area (Å²) in [7, 11) is 0. The number of likely N-dealkylation sites (tertiary alicyclic amines) is 1. The summed E-state index contributed by atoms with van der Waals surface area (Å²) >= 11 is 0. The molecule has 3 rings (SSSR count). The first-order valence-electron chi connectivity index (χ1n) is 11.6. The second-order valence-electron chi connectivity index (χ2n) is 8.99. The van der Waals surface area contributed by atoms with Gasteiger partial charge in [0, 0.05) is 55.7 Å². The van der Waals surface area contributed by atoms with Crippen LogP contribution in [0.2, 0.25) is 0 Å². The Morgan fingerprint density at radius 2 is 1.91 bits per heavy atom. The highest BCUT2D eigenvalue weighted by atomic mass is 16.2. The summed E-state index contributed by atoms with van der Waals surface area (Å²) in [5.74, 6) is -2.43. The summed E-state index contributed by atoms with van der Waals surface area (Å²) in [5.41, 5.74) is 7.10. The summed E-state index contributed by atoms with van der Waals surface area (Å²) in [5, 5.41) is 3.67. The molecule has 0 unspecified atom stereocenters. The molecule has 3 atom stereocenters. The van der Waals surface area contributed by atoms with E-state index in [1.165, 1.54) is 18.7 Å². The molecule has 182 valence electrons. The number of ketones is 2. The van der Waals surface area contributed by atoms with Crippen LogP contribution in [-0.2, 0) is 30.4 Å². The van der Waals surface area contributed by atoms with E-state index in [0.717, 1.165) is 16.5 Å². The van der Waals surface area contributed by atoms with Gasteiger partial charge in [0.15, 0.2) is 11.6 Å². The number of nitrogens with zero attached hydrogens (tertiary/aromatic N) is 1. The van der Waals surface area contributed by atoms with Crippen molar-refractivity contribution in [1.29, 1.82) is 0 Å². The maximum atomic E-state index is 13.4. The monoisotopic (exact) mass is 468 g/mol. The second-order valence-corrected chi connectivity index (χ2v) is 8.99. The van der Waals surface area contributed by atoms with E-state index in [1.54, 1.807) is 0 Å². The van der Waals surface area contributed by atoms with E-state index < -0.39 is 23.9 Å². The topological polar surface area (TPSA) is 142 Å². The number of nitrogens with one attached hydrogen (secondary N) is 2. The van der Waals surface area contributed by atoms with Gasteiger partial charge in [-0.3, -0.25) is 24.0 Å². The van der Waals surface area contributed by atoms with Crippen LogP contribution in [0.25, 0.3) is 10.9 Å². The Balaban J connectivity index is 1.80. The Kier molecular flexibility index (Phi) is 8.20. The molecule has 3 amide bonds. The lowest BCUT2D eigenvalue weighted by Crippen LogP contribution is -2.46. The van der Waals surface area contributed by atoms with Crippen LogP contribution in [0.3, 0.4) is 0 Å². The molecule has 2 aromatic rings. The van der Waals surface area contributed by atoms with Crippen molar-refractivity contribution in [3.05, 3.63) is 36.0 Å².